The molecular weight excluding hydrogens is 242 g/mol. The van der Waals surface area contributed by atoms with Gasteiger partial charge < -0.3 is 9.64 Å². The van der Waals surface area contributed by atoms with E-state index in [-0.39, 0.29) is 0 Å². The second-order valence-corrected chi connectivity index (χ2v) is 5.40. The topological polar surface area (TPSA) is 12.5 Å². The minimum atomic E-state index is 0.752. The standard InChI is InChI=1S/C15H25NOS/c1-13(9-11-18)8-10-16(2)12-14-6-4-5-7-15(14)17-3/h4-7,13,18H,8-12H2,1-3H3. The third-order valence-corrected chi connectivity index (χ3v) is 3.52. The molecule has 0 aliphatic heterocycles. The first-order chi connectivity index (χ1) is 8.67. The first-order valence-corrected chi connectivity index (χ1v) is 7.22. The Kier molecular flexibility index (Phi) is 7.21. The molecule has 0 aliphatic carbocycles. The molecule has 1 unspecified atom stereocenters. The number of methoxy groups -OCH3 is 1. The maximum Gasteiger partial charge on any atom is 0.123 e. The molecule has 18 heavy (non-hydrogen) atoms. The van der Waals surface area contributed by atoms with Crippen LogP contribution in [0.15, 0.2) is 24.3 Å². The predicted molar refractivity (Wildman–Crippen MR) is 81.6 cm³/mol. The minimum absolute atomic E-state index is 0.752. The number of ether oxygens (including phenoxy) is 1. The largest absolute Gasteiger partial charge is 0.496 e. The summed E-state index contributed by atoms with van der Waals surface area (Å²) < 4.78 is 5.37. The summed E-state index contributed by atoms with van der Waals surface area (Å²) in [6, 6.07) is 8.23. The van der Waals surface area contributed by atoms with Crippen molar-refractivity contribution in [1.29, 1.82) is 0 Å². The molecule has 102 valence electrons. The summed E-state index contributed by atoms with van der Waals surface area (Å²) in [7, 11) is 3.90. The number of thiol groups is 1. The monoisotopic (exact) mass is 267 g/mol. The van der Waals surface area contributed by atoms with Crippen molar-refractivity contribution in [2.24, 2.45) is 5.92 Å². The van der Waals surface area contributed by atoms with Crippen LogP contribution < -0.4 is 4.74 Å². The molecule has 0 aliphatic rings. The molecule has 1 atom stereocenters. The van der Waals surface area contributed by atoms with E-state index in [0.29, 0.717) is 0 Å². The molecule has 0 fully saturated rings. The Morgan fingerprint density at radius 1 is 1.28 bits per heavy atom. The maximum absolute atomic E-state index is 5.37. The van der Waals surface area contributed by atoms with Crippen molar-refractivity contribution in [2.45, 2.75) is 26.3 Å². The lowest BCUT2D eigenvalue weighted by Gasteiger charge is -2.20. The average molecular weight is 267 g/mol. The fourth-order valence-electron chi connectivity index (χ4n) is 2.01. The summed E-state index contributed by atoms with van der Waals surface area (Å²) in [5, 5.41) is 0. The van der Waals surface area contributed by atoms with Gasteiger partial charge in [-0.1, -0.05) is 25.1 Å². The summed E-state index contributed by atoms with van der Waals surface area (Å²) in [5.74, 6) is 2.72. The lowest BCUT2D eigenvalue weighted by molar-refractivity contribution is 0.291. The Labute approximate surface area is 117 Å². The Bertz CT molecular complexity index is 343. The fraction of sp³-hybridized carbons (Fsp3) is 0.600. The van der Waals surface area contributed by atoms with Gasteiger partial charge in [0.15, 0.2) is 0 Å². The molecule has 1 aromatic carbocycles. The number of benzene rings is 1. The van der Waals surface area contributed by atoms with Gasteiger partial charge in [-0.25, -0.2) is 0 Å². The maximum atomic E-state index is 5.37. The van der Waals surface area contributed by atoms with Gasteiger partial charge in [-0.05, 0) is 44.2 Å². The second kappa shape index (κ2) is 8.44. The van der Waals surface area contributed by atoms with E-state index in [2.05, 4.69) is 43.6 Å². The zero-order valence-corrected chi connectivity index (χ0v) is 12.6. The van der Waals surface area contributed by atoms with Crippen molar-refractivity contribution in [1.82, 2.24) is 4.90 Å². The zero-order chi connectivity index (χ0) is 13.4. The van der Waals surface area contributed by atoms with Gasteiger partial charge in [-0.3, -0.25) is 0 Å². The van der Waals surface area contributed by atoms with E-state index in [9.17, 15) is 0 Å². The summed E-state index contributed by atoms with van der Waals surface area (Å²) in [5.41, 5.74) is 1.25. The molecule has 0 saturated carbocycles. The first kappa shape index (κ1) is 15.4. The quantitative estimate of drug-likeness (QED) is 0.724. The number of rotatable bonds is 8. The van der Waals surface area contributed by atoms with Crippen LogP contribution in [-0.2, 0) is 6.54 Å². The number of para-hydroxylation sites is 1. The normalized spacial score (nSPS) is 12.7. The van der Waals surface area contributed by atoms with E-state index < -0.39 is 0 Å². The highest BCUT2D eigenvalue weighted by Crippen LogP contribution is 2.19. The molecule has 0 aromatic heterocycles. The molecule has 1 rings (SSSR count). The van der Waals surface area contributed by atoms with E-state index in [0.717, 1.165) is 30.5 Å². The summed E-state index contributed by atoms with van der Waals surface area (Å²) in [6.45, 7) is 4.36. The highest BCUT2D eigenvalue weighted by molar-refractivity contribution is 7.80. The van der Waals surface area contributed by atoms with E-state index >= 15 is 0 Å². The van der Waals surface area contributed by atoms with Crippen molar-refractivity contribution in [3.63, 3.8) is 0 Å². The molecule has 0 radical (unpaired) electrons. The molecular formula is C15H25NOS. The van der Waals surface area contributed by atoms with Crippen LogP contribution in [0, 0.1) is 5.92 Å². The van der Waals surface area contributed by atoms with Crippen LogP contribution in [0.4, 0.5) is 0 Å². The van der Waals surface area contributed by atoms with Gasteiger partial charge in [0.2, 0.25) is 0 Å². The second-order valence-electron chi connectivity index (χ2n) is 4.96. The molecule has 0 saturated heterocycles. The summed E-state index contributed by atoms with van der Waals surface area (Å²) >= 11 is 4.28. The third kappa shape index (κ3) is 5.32. The average Bonchev–Trinajstić information content (AvgIpc) is 2.37. The molecule has 0 N–H and O–H groups in total. The van der Waals surface area contributed by atoms with Crippen LogP contribution in [0.5, 0.6) is 5.75 Å². The van der Waals surface area contributed by atoms with Crippen LogP contribution in [0.1, 0.15) is 25.3 Å². The molecule has 0 heterocycles. The van der Waals surface area contributed by atoms with Crippen molar-refractivity contribution in [2.75, 3.05) is 26.5 Å². The highest BCUT2D eigenvalue weighted by Gasteiger charge is 2.07. The third-order valence-electron chi connectivity index (χ3n) is 3.26. The molecule has 0 amide bonds. The van der Waals surface area contributed by atoms with Crippen molar-refractivity contribution < 1.29 is 4.74 Å². The SMILES string of the molecule is COc1ccccc1CN(C)CCC(C)CCS. The van der Waals surface area contributed by atoms with Crippen molar-refractivity contribution in [3.05, 3.63) is 29.8 Å². The van der Waals surface area contributed by atoms with Gasteiger partial charge in [0.25, 0.3) is 0 Å². The molecule has 0 spiro atoms. The molecule has 0 bridgehead atoms. The van der Waals surface area contributed by atoms with Crippen LogP contribution in [0.25, 0.3) is 0 Å². The van der Waals surface area contributed by atoms with E-state index in [1.54, 1.807) is 7.11 Å². The van der Waals surface area contributed by atoms with Crippen molar-refractivity contribution in [3.8, 4) is 5.75 Å². The van der Waals surface area contributed by atoms with Crippen LogP contribution in [0.2, 0.25) is 0 Å². The van der Waals surface area contributed by atoms with E-state index in [4.69, 9.17) is 4.74 Å². The Balaban J connectivity index is 2.41. The predicted octanol–water partition coefficient (Wildman–Crippen LogP) is 3.47. The fourth-order valence-corrected chi connectivity index (χ4v) is 2.45. The van der Waals surface area contributed by atoms with E-state index in [1.807, 2.05) is 12.1 Å². The number of hydrogen-bond donors (Lipinski definition) is 1. The number of nitrogens with zero attached hydrogens (tertiary/aromatic N) is 1. The minimum Gasteiger partial charge on any atom is -0.496 e. The van der Waals surface area contributed by atoms with Gasteiger partial charge in [0.1, 0.15) is 5.75 Å². The molecule has 1 aromatic rings. The van der Waals surface area contributed by atoms with Crippen LogP contribution in [0.3, 0.4) is 0 Å². The lowest BCUT2D eigenvalue weighted by atomic mass is 10.0. The summed E-state index contributed by atoms with van der Waals surface area (Å²) in [4.78, 5) is 2.35. The van der Waals surface area contributed by atoms with E-state index in [1.165, 1.54) is 18.4 Å². The van der Waals surface area contributed by atoms with Crippen molar-refractivity contribution >= 4 is 12.6 Å². The first-order valence-electron chi connectivity index (χ1n) is 6.58. The summed E-state index contributed by atoms with van der Waals surface area (Å²) in [6.07, 6.45) is 2.43. The van der Waals surface area contributed by atoms with Crippen LogP contribution >= 0.6 is 12.6 Å². The molecule has 3 heteroatoms. The van der Waals surface area contributed by atoms with Crippen LogP contribution in [-0.4, -0.2) is 31.4 Å². The smallest absolute Gasteiger partial charge is 0.123 e. The highest BCUT2D eigenvalue weighted by atomic mass is 32.1. The Morgan fingerprint density at radius 2 is 2.00 bits per heavy atom. The van der Waals surface area contributed by atoms with Gasteiger partial charge in [0, 0.05) is 12.1 Å². The van der Waals surface area contributed by atoms with Gasteiger partial charge in [0.05, 0.1) is 7.11 Å². The Hall–Kier alpha value is -0.670. The Morgan fingerprint density at radius 3 is 2.67 bits per heavy atom. The van der Waals surface area contributed by atoms with Gasteiger partial charge >= 0.3 is 0 Å². The number of hydrogen-bond acceptors (Lipinski definition) is 3. The lowest BCUT2D eigenvalue weighted by Crippen LogP contribution is -2.21. The van der Waals surface area contributed by atoms with Gasteiger partial charge in [-0.15, -0.1) is 0 Å². The zero-order valence-electron chi connectivity index (χ0n) is 11.7. The van der Waals surface area contributed by atoms with Gasteiger partial charge in [-0.2, -0.15) is 12.6 Å². The molecule has 2 nitrogen and oxygen atoms in total.